The molecule has 0 spiro atoms. The number of sulfone groups is 1. The first-order valence-electron chi connectivity index (χ1n) is 15.0. The third-order valence-electron chi connectivity index (χ3n) is 9.31. The lowest BCUT2D eigenvalue weighted by atomic mass is 9.94. The van der Waals surface area contributed by atoms with E-state index in [1.54, 1.807) is 6.20 Å². The van der Waals surface area contributed by atoms with Gasteiger partial charge in [0.1, 0.15) is 20.5 Å². The minimum Gasteiger partial charge on any atom is -0.463 e. The van der Waals surface area contributed by atoms with Gasteiger partial charge in [0, 0.05) is 47.7 Å². The topological polar surface area (TPSA) is 126 Å². The van der Waals surface area contributed by atoms with E-state index in [-0.39, 0.29) is 40.3 Å². The van der Waals surface area contributed by atoms with Crippen LogP contribution >= 0.6 is 11.3 Å². The van der Waals surface area contributed by atoms with Crippen molar-refractivity contribution < 1.29 is 26.3 Å². The average Bonchev–Trinajstić information content (AvgIpc) is 3.70. The number of nitrogens with zero attached hydrogens (tertiary/aromatic N) is 5. The maximum atomic E-state index is 14.6. The van der Waals surface area contributed by atoms with Crippen LogP contribution in [0.25, 0.3) is 42.5 Å². The summed E-state index contributed by atoms with van der Waals surface area (Å²) in [5.74, 6) is 1.05. The number of alkyl halides is 3. The molecule has 0 amide bonds. The van der Waals surface area contributed by atoms with Gasteiger partial charge in [-0.25, -0.2) is 8.42 Å². The SMILES string of the molecule is Cc1cc2[nH]ncc2c(-c2nccc3c2sc2nc(OCC4CCS(=O)(=O)CC4)nc(N4CC5CCC(C4)N5)c23)c1C(F)(F)F. The smallest absolute Gasteiger partial charge is 0.417 e. The Bertz CT molecular complexity index is 2050. The number of H-pyrrole nitrogens is 1. The number of anilines is 1. The number of fused-ring (bicyclic) bond motifs is 6. The van der Waals surface area contributed by atoms with E-state index in [2.05, 4.69) is 25.4 Å². The van der Waals surface area contributed by atoms with Crippen molar-refractivity contribution in [2.75, 3.05) is 36.1 Å². The van der Waals surface area contributed by atoms with E-state index in [0.717, 1.165) is 36.7 Å². The van der Waals surface area contributed by atoms with Crippen LogP contribution in [0.15, 0.2) is 24.5 Å². The van der Waals surface area contributed by atoms with Crippen molar-refractivity contribution in [3.05, 3.63) is 35.7 Å². The number of benzene rings is 1. The molecule has 236 valence electrons. The van der Waals surface area contributed by atoms with E-state index in [9.17, 15) is 21.6 Å². The van der Waals surface area contributed by atoms with E-state index >= 15 is 0 Å². The summed E-state index contributed by atoms with van der Waals surface area (Å²) < 4.78 is 74.4. The Labute approximate surface area is 260 Å². The first-order valence-corrected chi connectivity index (χ1v) is 17.7. The Balaban J connectivity index is 1.29. The minimum atomic E-state index is -4.62. The van der Waals surface area contributed by atoms with Crippen LogP contribution in [0.3, 0.4) is 0 Å². The Morgan fingerprint density at radius 1 is 1.09 bits per heavy atom. The van der Waals surface area contributed by atoms with Gasteiger partial charge in [0.2, 0.25) is 0 Å². The summed E-state index contributed by atoms with van der Waals surface area (Å²) in [7, 11) is -3.00. The summed E-state index contributed by atoms with van der Waals surface area (Å²) in [4.78, 5) is 17.0. The molecule has 7 heterocycles. The predicted octanol–water partition coefficient (Wildman–Crippen LogP) is 5.25. The normalized spacial score (nSPS) is 22.2. The molecule has 0 radical (unpaired) electrons. The number of aromatic amines is 1. The van der Waals surface area contributed by atoms with Gasteiger partial charge >= 0.3 is 12.2 Å². The number of thiophene rings is 1. The molecule has 3 fully saturated rings. The fraction of sp³-hybridized carbons (Fsp3) is 0.467. The van der Waals surface area contributed by atoms with Gasteiger partial charge in [-0.1, -0.05) is 0 Å². The molecule has 0 saturated carbocycles. The number of piperazine rings is 1. The van der Waals surface area contributed by atoms with Crippen LogP contribution in [-0.4, -0.2) is 76.9 Å². The van der Waals surface area contributed by atoms with Crippen molar-refractivity contribution in [2.45, 2.75) is 50.9 Å². The van der Waals surface area contributed by atoms with Crippen molar-refractivity contribution in [1.29, 1.82) is 0 Å². The van der Waals surface area contributed by atoms with E-state index in [1.807, 2.05) is 6.07 Å². The van der Waals surface area contributed by atoms with Crippen molar-refractivity contribution in [3.63, 3.8) is 0 Å². The number of aromatic nitrogens is 5. The Kier molecular flexibility index (Phi) is 6.73. The summed E-state index contributed by atoms with van der Waals surface area (Å²) in [6.45, 7) is 3.22. The number of pyridine rings is 1. The van der Waals surface area contributed by atoms with Gasteiger partial charge < -0.3 is 15.0 Å². The van der Waals surface area contributed by atoms with Gasteiger partial charge in [0.05, 0.1) is 51.2 Å². The van der Waals surface area contributed by atoms with Gasteiger partial charge in [-0.3, -0.25) is 10.1 Å². The second-order valence-corrected chi connectivity index (χ2v) is 15.7. The third kappa shape index (κ3) is 5.08. The molecule has 10 nitrogen and oxygen atoms in total. The summed E-state index contributed by atoms with van der Waals surface area (Å²) in [6.07, 6.45) is 1.53. The van der Waals surface area contributed by atoms with E-state index in [1.165, 1.54) is 30.5 Å². The number of aryl methyl sites for hydroxylation is 1. The third-order valence-corrected chi connectivity index (χ3v) is 12.1. The largest absolute Gasteiger partial charge is 0.463 e. The molecule has 15 heteroatoms. The summed E-state index contributed by atoms with van der Waals surface area (Å²) in [6, 6.07) is 4.11. The standard InChI is InChI=1S/C30H30F3N7O3S2/c1-15-10-21-20(11-35-39-21)22(24(15)30(31,32)33)25-26-19(4-7-34-25)23-27(40-12-17-2-3-18(13-40)36-17)37-29(38-28(23)44-26)43-14-16-5-8-45(41,42)9-6-16/h4,7,10-11,16-18,36H,2-3,5-6,8-9,12-14H2,1H3,(H,35,39). The maximum absolute atomic E-state index is 14.6. The quantitative estimate of drug-likeness (QED) is 0.261. The van der Waals surface area contributed by atoms with Gasteiger partial charge in [-0.15, -0.1) is 11.3 Å². The molecule has 45 heavy (non-hydrogen) atoms. The first kappa shape index (κ1) is 28.9. The predicted molar refractivity (Wildman–Crippen MR) is 167 cm³/mol. The molecule has 4 aromatic heterocycles. The maximum Gasteiger partial charge on any atom is 0.417 e. The molecule has 1 aromatic carbocycles. The summed E-state index contributed by atoms with van der Waals surface area (Å²) >= 11 is 1.28. The molecule has 2 bridgehead atoms. The zero-order valence-electron chi connectivity index (χ0n) is 24.3. The highest BCUT2D eigenvalue weighted by molar-refractivity contribution is 7.91. The second kappa shape index (κ2) is 10.5. The second-order valence-electron chi connectivity index (χ2n) is 12.4. The molecular weight excluding hydrogens is 628 g/mol. The van der Waals surface area contributed by atoms with E-state index < -0.39 is 21.6 Å². The molecule has 8 rings (SSSR count). The van der Waals surface area contributed by atoms with Crippen molar-refractivity contribution in [2.24, 2.45) is 5.92 Å². The lowest BCUT2D eigenvalue weighted by Gasteiger charge is -2.34. The van der Waals surface area contributed by atoms with Crippen LogP contribution in [-0.2, 0) is 16.0 Å². The van der Waals surface area contributed by atoms with Crippen LogP contribution < -0.4 is 15.0 Å². The summed E-state index contributed by atoms with van der Waals surface area (Å²) in [5, 5.41) is 12.3. The van der Waals surface area contributed by atoms with E-state index in [4.69, 9.17) is 14.7 Å². The van der Waals surface area contributed by atoms with Crippen molar-refractivity contribution >= 4 is 58.2 Å². The average molecular weight is 658 g/mol. The van der Waals surface area contributed by atoms with Crippen LogP contribution in [0.2, 0.25) is 0 Å². The van der Waals surface area contributed by atoms with Crippen LogP contribution in [0, 0.1) is 12.8 Å². The molecule has 3 saturated heterocycles. The Morgan fingerprint density at radius 2 is 1.84 bits per heavy atom. The first-order chi connectivity index (χ1) is 21.5. The van der Waals surface area contributed by atoms with Crippen molar-refractivity contribution in [3.8, 4) is 17.3 Å². The highest BCUT2D eigenvalue weighted by Crippen LogP contribution is 2.48. The van der Waals surface area contributed by atoms with Gasteiger partial charge in [0.25, 0.3) is 0 Å². The van der Waals surface area contributed by atoms with Gasteiger partial charge in [0.15, 0.2) is 0 Å². The van der Waals surface area contributed by atoms with Gasteiger partial charge in [-0.2, -0.15) is 28.2 Å². The molecule has 2 atom stereocenters. The molecule has 3 aliphatic rings. The van der Waals surface area contributed by atoms with Crippen LogP contribution in [0.5, 0.6) is 6.01 Å². The zero-order chi connectivity index (χ0) is 31.1. The number of rotatable bonds is 5. The molecular formula is C30H30F3N7O3S2. The molecule has 2 unspecified atom stereocenters. The lowest BCUT2D eigenvalue weighted by Crippen LogP contribution is -2.51. The molecule has 0 aliphatic carbocycles. The summed E-state index contributed by atoms with van der Waals surface area (Å²) in [5.41, 5.74) is 0.0462. The monoisotopic (exact) mass is 657 g/mol. The highest BCUT2D eigenvalue weighted by atomic mass is 32.2. The fourth-order valence-corrected chi connectivity index (χ4v) is 9.88. The van der Waals surface area contributed by atoms with E-state index in [0.29, 0.717) is 57.8 Å². The Morgan fingerprint density at radius 3 is 2.58 bits per heavy atom. The number of ether oxygens (including phenoxy) is 1. The lowest BCUT2D eigenvalue weighted by molar-refractivity contribution is -0.137. The molecule has 3 aliphatic heterocycles. The molecule has 5 aromatic rings. The number of halogens is 3. The molecule has 2 N–H and O–H groups in total. The minimum absolute atomic E-state index is 0.0122. The van der Waals surface area contributed by atoms with Crippen LogP contribution in [0.4, 0.5) is 19.0 Å². The zero-order valence-corrected chi connectivity index (χ0v) is 25.9. The number of hydrogen-bond donors (Lipinski definition) is 2. The fourth-order valence-electron chi connectivity index (χ4n) is 7.14. The number of hydrogen-bond acceptors (Lipinski definition) is 10. The number of nitrogens with one attached hydrogen (secondary N) is 2. The highest BCUT2D eigenvalue weighted by Gasteiger charge is 2.39. The van der Waals surface area contributed by atoms with Gasteiger partial charge in [-0.05, 0) is 56.2 Å². The van der Waals surface area contributed by atoms with Crippen LogP contribution in [0.1, 0.15) is 36.8 Å². The Hall–Kier alpha value is -3.56. The van der Waals surface area contributed by atoms with Crippen molar-refractivity contribution in [1.82, 2.24) is 30.5 Å².